The lowest BCUT2D eigenvalue weighted by atomic mass is 9.83. The lowest BCUT2D eigenvalue weighted by Crippen LogP contribution is -2.48. The zero-order valence-electron chi connectivity index (χ0n) is 17.9. The van der Waals surface area contributed by atoms with Crippen molar-refractivity contribution in [2.45, 2.75) is 51.6 Å². The molecular weight excluding hydrogens is 390 g/mol. The van der Waals surface area contributed by atoms with E-state index in [-0.39, 0.29) is 5.91 Å². The minimum Gasteiger partial charge on any atom is -0.308 e. The molecule has 0 saturated heterocycles. The van der Waals surface area contributed by atoms with Gasteiger partial charge in [0.1, 0.15) is 0 Å². The Balaban J connectivity index is 1.67. The van der Waals surface area contributed by atoms with Crippen LogP contribution in [-0.2, 0) is 4.79 Å². The number of anilines is 2. The van der Waals surface area contributed by atoms with Crippen molar-refractivity contribution in [3.05, 3.63) is 54.4 Å². The van der Waals surface area contributed by atoms with Gasteiger partial charge in [0, 0.05) is 24.2 Å². The molecule has 7 heteroatoms. The maximum absolute atomic E-state index is 13.5. The van der Waals surface area contributed by atoms with Gasteiger partial charge in [-0.05, 0) is 37.5 Å². The molecule has 162 valence electrons. The number of aliphatic imine (C=N–C) groups is 1. The van der Waals surface area contributed by atoms with E-state index in [1.54, 1.807) is 29.4 Å². The van der Waals surface area contributed by atoms with E-state index in [2.05, 4.69) is 21.7 Å². The average Bonchev–Trinajstić information content (AvgIpc) is 2.91. The van der Waals surface area contributed by atoms with Crippen LogP contribution in [0.5, 0.6) is 0 Å². The summed E-state index contributed by atoms with van der Waals surface area (Å²) in [4.78, 5) is 36.8. The van der Waals surface area contributed by atoms with E-state index in [1.165, 1.54) is 6.42 Å². The number of aromatic nitrogens is 1. The monoisotopic (exact) mass is 419 g/mol. The molecular formula is C24H29N5O2. The molecule has 7 nitrogen and oxygen atoms in total. The predicted molar refractivity (Wildman–Crippen MR) is 122 cm³/mol. The van der Waals surface area contributed by atoms with Gasteiger partial charge in [0.15, 0.2) is 0 Å². The van der Waals surface area contributed by atoms with Gasteiger partial charge in [0.25, 0.3) is 5.91 Å². The van der Waals surface area contributed by atoms with Crippen molar-refractivity contribution >= 4 is 29.0 Å². The minimum atomic E-state index is -0.965. The number of hydrogen-bond acceptors (Lipinski definition) is 4. The van der Waals surface area contributed by atoms with E-state index in [4.69, 9.17) is 4.99 Å². The second-order valence-corrected chi connectivity index (χ2v) is 8.10. The van der Waals surface area contributed by atoms with Gasteiger partial charge < -0.3 is 15.5 Å². The number of fused-ring (bicyclic) bond motifs is 1. The summed E-state index contributed by atoms with van der Waals surface area (Å²) in [5, 5.41) is 5.53. The highest BCUT2D eigenvalue weighted by atomic mass is 16.2. The summed E-state index contributed by atoms with van der Waals surface area (Å²) in [6.45, 7) is 2.62. The number of pyridine rings is 1. The molecule has 1 atom stereocenters. The zero-order valence-corrected chi connectivity index (χ0v) is 17.9. The van der Waals surface area contributed by atoms with Gasteiger partial charge in [-0.25, -0.2) is 4.79 Å². The molecule has 0 radical (unpaired) electrons. The standard InChI is InChI=1S/C24H29N5O2/c1-2-15-29-20-13-7-6-12-19(20)21(17-9-4-3-5-10-17)27-22(23(29)30)28-24(31)26-18-11-8-14-25-16-18/h6-8,11-14,16-17,22H,2-5,9-10,15H2,1H3,(H2,26,28,31). The average molecular weight is 420 g/mol. The first-order chi connectivity index (χ1) is 15.2. The fourth-order valence-corrected chi connectivity index (χ4v) is 4.43. The highest BCUT2D eigenvalue weighted by Gasteiger charge is 2.34. The van der Waals surface area contributed by atoms with Crippen molar-refractivity contribution in [1.82, 2.24) is 10.3 Å². The molecule has 1 aliphatic carbocycles. The summed E-state index contributed by atoms with van der Waals surface area (Å²) in [6.07, 6.45) is 8.73. The van der Waals surface area contributed by atoms with Crippen molar-refractivity contribution in [2.24, 2.45) is 10.9 Å². The third-order valence-electron chi connectivity index (χ3n) is 5.87. The number of carbonyl (C=O) groups excluding carboxylic acids is 2. The normalized spacial score (nSPS) is 19.3. The van der Waals surface area contributed by atoms with Crippen LogP contribution in [0.2, 0.25) is 0 Å². The Morgan fingerprint density at radius 1 is 1.13 bits per heavy atom. The summed E-state index contributed by atoms with van der Waals surface area (Å²) in [5.41, 5.74) is 3.39. The molecule has 1 aromatic heterocycles. The predicted octanol–water partition coefficient (Wildman–Crippen LogP) is 4.36. The molecule has 1 saturated carbocycles. The quantitative estimate of drug-likeness (QED) is 0.755. The van der Waals surface area contributed by atoms with Gasteiger partial charge in [-0.1, -0.05) is 44.4 Å². The van der Waals surface area contributed by atoms with Crippen LogP contribution >= 0.6 is 0 Å². The van der Waals surface area contributed by atoms with Crippen LogP contribution in [-0.4, -0.2) is 35.3 Å². The van der Waals surface area contributed by atoms with Gasteiger partial charge in [0.05, 0.1) is 23.3 Å². The van der Waals surface area contributed by atoms with Gasteiger partial charge >= 0.3 is 6.03 Å². The second kappa shape index (κ2) is 9.73. The maximum atomic E-state index is 13.5. The third-order valence-corrected chi connectivity index (χ3v) is 5.87. The smallest absolute Gasteiger partial charge is 0.308 e. The Hall–Kier alpha value is -3.22. The maximum Gasteiger partial charge on any atom is 0.321 e. The SMILES string of the molecule is CCCN1C(=O)C(NC(=O)Nc2cccnc2)N=C(C2CCCCC2)c2ccccc21. The van der Waals surface area contributed by atoms with Crippen LogP contribution in [0.1, 0.15) is 51.0 Å². The highest BCUT2D eigenvalue weighted by Crippen LogP contribution is 2.33. The number of carbonyl (C=O) groups is 2. The lowest BCUT2D eigenvalue weighted by Gasteiger charge is -2.26. The van der Waals surface area contributed by atoms with Crippen molar-refractivity contribution in [2.75, 3.05) is 16.8 Å². The number of urea groups is 1. The molecule has 1 fully saturated rings. The van der Waals surface area contributed by atoms with Crippen LogP contribution in [0.4, 0.5) is 16.2 Å². The molecule has 2 aliphatic rings. The number of nitrogens with zero attached hydrogens (tertiary/aromatic N) is 3. The fraction of sp³-hybridized carbons (Fsp3) is 0.417. The van der Waals surface area contributed by atoms with E-state index in [0.29, 0.717) is 18.2 Å². The van der Waals surface area contributed by atoms with E-state index in [0.717, 1.165) is 49.1 Å². The number of nitrogens with one attached hydrogen (secondary N) is 2. The molecule has 3 amide bonds. The molecule has 2 N–H and O–H groups in total. The number of rotatable bonds is 5. The van der Waals surface area contributed by atoms with E-state index >= 15 is 0 Å². The van der Waals surface area contributed by atoms with Gasteiger partial charge in [-0.3, -0.25) is 14.8 Å². The van der Waals surface area contributed by atoms with Gasteiger partial charge in [-0.15, -0.1) is 0 Å². The molecule has 0 spiro atoms. The lowest BCUT2D eigenvalue weighted by molar-refractivity contribution is -0.120. The Labute approximate surface area is 183 Å². The first kappa shape index (κ1) is 21.0. The number of benzene rings is 1. The molecule has 2 heterocycles. The van der Waals surface area contributed by atoms with Crippen LogP contribution in [0.15, 0.2) is 53.8 Å². The van der Waals surface area contributed by atoms with Crippen molar-refractivity contribution in [3.8, 4) is 0 Å². The number of hydrogen-bond donors (Lipinski definition) is 2. The minimum absolute atomic E-state index is 0.207. The Bertz CT molecular complexity index is 953. The van der Waals surface area contributed by atoms with Crippen molar-refractivity contribution in [3.63, 3.8) is 0 Å². The summed E-state index contributed by atoms with van der Waals surface area (Å²) in [7, 11) is 0. The second-order valence-electron chi connectivity index (χ2n) is 8.10. The highest BCUT2D eigenvalue weighted by molar-refractivity contribution is 6.14. The van der Waals surface area contributed by atoms with E-state index in [9.17, 15) is 9.59 Å². The Kier molecular flexibility index (Phi) is 6.60. The molecule has 31 heavy (non-hydrogen) atoms. The Morgan fingerprint density at radius 3 is 2.68 bits per heavy atom. The molecule has 4 rings (SSSR count). The zero-order chi connectivity index (χ0) is 21.6. The van der Waals surface area contributed by atoms with Crippen molar-refractivity contribution < 1.29 is 9.59 Å². The van der Waals surface area contributed by atoms with E-state index in [1.807, 2.05) is 25.1 Å². The van der Waals surface area contributed by atoms with Crippen LogP contribution in [0.25, 0.3) is 0 Å². The van der Waals surface area contributed by atoms with Crippen LogP contribution in [0, 0.1) is 5.92 Å². The molecule has 1 unspecified atom stereocenters. The van der Waals surface area contributed by atoms with Crippen LogP contribution in [0.3, 0.4) is 0 Å². The number of amides is 3. The topological polar surface area (TPSA) is 86.7 Å². The fourth-order valence-electron chi connectivity index (χ4n) is 4.43. The van der Waals surface area contributed by atoms with Gasteiger partial charge in [0.2, 0.25) is 6.17 Å². The largest absolute Gasteiger partial charge is 0.321 e. The Morgan fingerprint density at radius 2 is 1.94 bits per heavy atom. The molecule has 1 aliphatic heterocycles. The summed E-state index contributed by atoms with van der Waals surface area (Å²) in [6, 6.07) is 11.0. The molecule has 2 aromatic rings. The first-order valence-corrected chi connectivity index (χ1v) is 11.1. The summed E-state index contributed by atoms with van der Waals surface area (Å²) < 4.78 is 0. The first-order valence-electron chi connectivity index (χ1n) is 11.1. The third kappa shape index (κ3) is 4.76. The van der Waals surface area contributed by atoms with E-state index < -0.39 is 12.2 Å². The molecule has 0 bridgehead atoms. The molecule has 1 aromatic carbocycles. The summed E-state index contributed by atoms with van der Waals surface area (Å²) >= 11 is 0. The van der Waals surface area contributed by atoms with Gasteiger partial charge in [-0.2, -0.15) is 0 Å². The summed E-state index contributed by atoms with van der Waals surface area (Å²) in [5.74, 6) is 0.0939. The number of para-hydroxylation sites is 1. The number of benzodiazepines with no additional fused rings is 1. The van der Waals surface area contributed by atoms with Crippen LogP contribution < -0.4 is 15.5 Å². The van der Waals surface area contributed by atoms with Crippen molar-refractivity contribution in [1.29, 1.82) is 0 Å².